The smallest absolute Gasteiger partial charge is 0.200 e. The normalized spacial score (nSPS) is 27.9. The van der Waals surface area contributed by atoms with Crippen molar-refractivity contribution < 1.29 is 8.42 Å². The number of nitrogens with zero attached hydrogens (tertiary/aromatic N) is 1. The number of rotatable bonds is 4. The molecule has 3 atom stereocenters. The Morgan fingerprint density at radius 2 is 1.91 bits per heavy atom. The van der Waals surface area contributed by atoms with Crippen molar-refractivity contribution in [2.24, 2.45) is 22.9 Å². The van der Waals surface area contributed by atoms with E-state index < -0.39 is 10.0 Å². The van der Waals surface area contributed by atoms with Crippen LogP contribution in [0.25, 0.3) is 0 Å². The molecule has 4 rings (SSSR count). The zero-order valence-electron chi connectivity index (χ0n) is 13.0. The van der Waals surface area contributed by atoms with E-state index in [9.17, 15) is 8.42 Å². The second-order valence-corrected chi connectivity index (χ2v) is 8.05. The van der Waals surface area contributed by atoms with Crippen LogP contribution in [0.4, 0.5) is 0 Å². The molecule has 0 radical (unpaired) electrons. The summed E-state index contributed by atoms with van der Waals surface area (Å²) in [5.74, 6) is 1.51. The molecule has 0 aromatic heterocycles. The first-order valence-electron chi connectivity index (χ1n) is 7.77. The highest BCUT2D eigenvalue weighted by molar-refractivity contribution is 7.89. The number of hydrazone groups is 1. The molecule has 22 heavy (non-hydrogen) atoms. The van der Waals surface area contributed by atoms with E-state index in [4.69, 9.17) is 0 Å². The SMILES string of the molecule is C/C(=N/NS(=O)(=O)c1ccc(C)cc1)C1CC2C=CC1CC2. The number of fused-ring (bicyclic) bond motifs is 2. The van der Waals surface area contributed by atoms with Crippen molar-refractivity contribution in [3.63, 3.8) is 0 Å². The number of nitrogens with one attached hydrogen (secondary N) is 1. The molecule has 2 bridgehead atoms. The number of aryl methyl sites for hydroxylation is 1. The molecule has 0 saturated heterocycles. The number of benzene rings is 1. The third-order valence-electron chi connectivity index (χ3n) is 4.78. The van der Waals surface area contributed by atoms with Gasteiger partial charge in [-0.05, 0) is 57.1 Å². The fourth-order valence-corrected chi connectivity index (χ4v) is 4.26. The van der Waals surface area contributed by atoms with Crippen LogP contribution < -0.4 is 4.83 Å². The molecule has 0 spiro atoms. The van der Waals surface area contributed by atoms with Crippen LogP contribution in [-0.2, 0) is 10.0 Å². The molecule has 118 valence electrons. The minimum atomic E-state index is -3.58. The Hall–Kier alpha value is -1.62. The molecule has 0 heterocycles. The molecule has 1 aromatic rings. The van der Waals surface area contributed by atoms with Crippen LogP contribution in [-0.4, -0.2) is 14.1 Å². The standard InChI is InChI=1S/C17H22N2O2S/c1-12-3-9-16(10-4-12)22(20,21)19-18-13(2)17-11-14-5-7-15(17)8-6-14/h3-5,7,9-10,14-15,17,19H,6,8,11H2,1-2H3/b18-13-. The van der Waals surface area contributed by atoms with Gasteiger partial charge in [0.1, 0.15) is 0 Å². The van der Waals surface area contributed by atoms with Gasteiger partial charge in [0.05, 0.1) is 4.90 Å². The summed E-state index contributed by atoms with van der Waals surface area (Å²) in [6.07, 6.45) is 8.09. The number of hydrogen-bond donors (Lipinski definition) is 1. The molecule has 0 aliphatic heterocycles. The Labute approximate surface area is 132 Å². The van der Waals surface area contributed by atoms with Crippen molar-refractivity contribution in [1.82, 2.24) is 4.83 Å². The van der Waals surface area contributed by atoms with Gasteiger partial charge >= 0.3 is 0 Å². The van der Waals surface area contributed by atoms with Crippen molar-refractivity contribution in [2.45, 2.75) is 38.0 Å². The number of allylic oxidation sites excluding steroid dienone is 2. The summed E-state index contributed by atoms with van der Waals surface area (Å²) in [6, 6.07) is 6.79. The monoisotopic (exact) mass is 318 g/mol. The van der Waals surface area contributed by atoms with Gasteiger partial charge in [0.25, 0.3) is 10.0 Å². The molecule has 3 aliphatic rings. The van der Waals surface area contributed by atoms with Crippen LogP contribution in [0.1, 0.15) is 31.7 Å². The van der Waals surface area contributed by atoms with Crippen LogP contribution in [0, 0.1) is 24.7 Å². The van der Waals surface area contributed by atoms with E-state index in [0.29, 0.717) is 17.8 Å². The van der Waals surface area contributed by atoms with Crippen LogP contribution in [0.15, 0.2) is 46.4 Å². The molecule has 5 heteroatoms. The van der Waals surface area contributed by atoms with Crippen molar-refractivity contribution >= 4 is 15.7 Å². The molecule has 1 N–H and O–H groups in total. The number of hydrogen-bond acceptors (Lipinski definition) is 3. The van der Waals surface area contributed by atoms with E-state index in [1.54, 1.807) is 24.3 Å². The lowest BCUT2D eigenvalue weighted by Crippen LogP contribution is -2.33. The van der Waals surface area contributed by atoms with Crippen LogP contribution in [0.3, 0.4) is 0 Å². The highest BCUT2D eigenvalue weighted by Crippen LogP contribution is 2.40. The minimum absolute atomic E-state index is 0.250. The molecule has 4 nitrogen and oxygen atoms in total. The predicted molar refractivity (Wildman–Crippen MR) is 88.1 cm³/mol. The largest absolute Gasteiger partial charge is 0.276 e. The van der Waals surface area contributed by atoms with E-state index >= 15 is 0 Å². The zero-order valence-corrected chi connectivity index (χ0v) is 13.8. The van der Waals surface area contributed by atoms with Gasteiger partial charge in [0.2, 0.25) is 0 Å². The van der Waals surface area contributed by atoms with Gasteiger partial charge in [-0.15, -0.1) is 0 Å². The summed E-state index contributed by atoms with van der Waals surface area (Å²) >= 11 is 0. The fourth-order valence-electron chi connectivity index (χ4n) is 3.40. The summed E-state index contributed by atoms with van der Waals surface area (Å²) < 4.78 is 24.5. The average Bonchev–Trinajstić information content (AvgIpc) is 2.54. The van der Waals surface area contributed by atoms with E-state index in [0.717, 1.165) is 17.7 Å². The number of sulfonamides is 1. The maximum absolute atomic E-state index is 12.3. The van der Waals surface area contributed by atoms with Crippen molar-refractivity contribution in [3.05, 3.63) is 42.0 Å². The Balaban J connectivity index is 1.73. The average molecular weight is 318 g/mol. The van der Waals surface area contributed by atoms with Crippen molar-refractivity contribution in [2.75, 3.05) is 0 Å². The predicted octanol–water partition coefficient (Wildman–Crippen LogP) is 3.25. The van der Waals surface area contributed by atoms with Gasteiger partial charge in [0.15, 0.2) is 0 Å². The van der Waals surface area contributed by atoms with Gasteiger partial charge < -0.3 is 0 Å². The third-order valence-corrected chi connectivity index (χ3v) is 6.01. The molecular formula is C17H22N2O2S. The molecule has 3 aliphatic carbocycles. The second kappa shape index (κ2) is 5.88. The molecule has 3 unspecified atom stereocenters. The maximum Gasteiger partial charge on any atom is 0.276 e. The van der Waals surface area contributed by atoms with Crippen LogP contribution in [0.5, 0.6) is 0 Å². The van der Waals surface area contributed by atoms with Gasteiger partial charge in [-0.2, -0.15) is 13.5 Å². The van der Waals surface area contributed by atoms with Crippen molar-refractivity contribution in [3.8, 4) is 0 Å². The Bertz CT molecular complexity index is 705. The first kappa shape index (κ1) is 15.3. The Kier molecular flexibility index (Phi) is 4.08. The first-order chi connectivity index (χ1) is 10.5. The summed E-state index contributed by atoms with van der Waals surface area (Å²) in [6.45, 7) is 3.86. The lowest BCUT2D eigenvalue weighted by Gasteiger charge is -2.37. The molecule has 0 amide bonds. The lowest BCUT2D eigenvalue weighted by molar-refractivity contribution is 0.277. The summed E-state index contributed by atoms with van der Waals surface area (Å²) in [4.78, 5) is 2.64. The van der Waals surface area contributed by atoms with Crippen LogP contribution in [0.2, 0.25) is 0 Å². The highest BCUT2D eigenvalue weighted by Gasteiger charge is 2.33. The molecule has 1 fully saturated rings. The maximum atomic E-state index is 12.3. The molecule has 1 aromatic carbocycles. The van der Waals surface area contributed by atoms with Crippen molar-refractivity contribution in [1.29, 1.82) is 0 Å². The van der Waals surface area contributed by atoms with Gasteiger partial charge in [-0.3, -0.25) is 0 Å². The minimum Gasteiger partial charge on any atom is -0.200 e. The highest BCUT2D eigenvalue weighted by atomic mass is 32.2. The van der Waals surface area contributed by atoms with Gasteiger partial charge in [-0.1, -0.05) is 29.8 Å². The quantitative estimate of drug-likeness (QED) is 0.526. The third kappa shape index (κ3) is 3.09. The topological polar surface area (TPSA) is 58.5 Å². The van der Waals surface area contributed by atoms with E-state index in [1.807, 2.05) is 13.8 Å². The molecular weight excluding hydrogens is 296 g/mol. The Morgan fingerprint density at radius 1 is 1.18 bits per heavy atom. The summed E-state index contributed by atoms with van der Waals surface area (Å²) in [5.41, 5.74) is 1.92. The zero-order chi connectivity index (χ0) is 15.7. The summed E-state index contributed by atoms with van der Waals surface area (Å²) in [7, 11) is -3.58. The van der Waals surface area contributed by atoms with E-state index in [-0.39, 0.29) is 4.90 Å². The first-order valence-corrected chi connectivity index (χ1v) is 9.25. The van der Waals surface area contributed by atoms with Gasteiger partial charge in [0, 0.05) is 11.6 Å². The second-order valence-electron chi connectivity index (χ2n) is 6.39. The lowest BCUT2D eigenvalue weighted by atomic mass is 9.68. The van der Waals surface area contributed by atoms with Gasteiger partial charge in [-0.25, -0.2) is 4.83 Å². The summed E-state index contributed by atoms with van der Waals surface area (Å²) in [5, 5.41) is 4.18. The fraction of sp³-hybridized carbons (Fsp3) is 0.471. The Morgan fingerprint density at radius 3 is 2.45 bits per heavy atom. The van der Waals surface area contributed by atoms with E-state index in [1.165, 1.54) is 12.8 Å². The molecule has 1 saturated carbocycles. The van der Waals surface area contributed by atoms with E-state index in [2.05, 4.69) is 22.1 Å². The van der Waals surface area contributed by atoms with Crippen LogP contribution >= 0.6 is 0 Å².